The van der Waals surface area contributed by atoms with Gasteiger partial charge in [0.05, 0.1) is 0 Å². The van der Waals surface area contributed by atoms with Gasteiger partial charge in [0.2, 0.25) is 0 Å². The number of carbonyl (C=O) groups excluding carboxylic acids is 2. The Bertz CT molecular complexity index is 505. The van der Waals surface area contributed by atoms with Crippen LogP contribution in [0.25, 0.3) is 0 Å². The zero-order chi connectivity index (χ0) is 13.8. The number of rotatable bonds is 4. The molecule has 1 fully saturated rings. The van der Waals surface area contributed by atoms with E-state index in [0.717, 1.165) is 10.5 Å². The maximum absolute atomic E-state index is 11.8. The van der Waals surface area contributed by atoms with E-state index >= 15 is 0 Å². The van der Waals surface area contributed by atoms with Gasteiger partial charge in [-0.3, -0.25) is 4.79 Å². The Balaban J connectivity index is 2.14. The van der Waals surface area contributed by atoms with Crippen LogP contribution in [0, 0.1) is 0 Å². The maximum atomic E-state index is 11.8. The van der Waals surface area contributed by atoms with Gasteiger partial charge in [0.25, 0.3) is 5.91 Å². The fourth-order valence-electron chi connectivity index (χ4n) is 1.80. The summed E-state index contributed by atoms with van der Waals surface area (Å²) in [4.78, 5) is 32.7. The molecule has 8 heteroatoms. The van der Waals surface area contributed by atoms with E-state index < -0.39 is 32.9 Å². The minimum Gasteiger partial charge on any atom is -0.446 e. The Morgan fingerprint density at radius 3 is 2.79 bits per heavy atom. The summed E-state index contributed by atoms with van der Waals surface area (Å²) < 4.78 is 19.5. The molecular weight excluding hydrogens is 273 g/mol. The minimum absolute atomic E-state index is 0.0554. The molecule has 1 aromatic rings. The molecule has 19 heavy (non-hydrogen) atoms. The van der Waals surface area contributed by atoms with Crippen molar-refractivity contribution in [2.24, 2.45) is 0 Å². The molecule has 1 heterocycles. The molecule has 0 aromatic heterocycles. The molecule has 0 spiro atoms. The molecule has 100 valence electrons. The highest BCUT2D eigenvalue weighted by atomic mass is 31.1. The van der Waals surface area contributed by atoms with Gasteiger partial charge in [-0.05, 0) is 5.56 Å². The van der Waals surface area contributed by atoms with Crippen molar-refractivity contribution >= 4 is 20.3 Å². The van der Waals surface area contributed by atoms with E-state index in [1.165, 1.54) is 0 Å². The largest absolute Gasteiger partial charge is 0.695 e. The molecule has 2 amide bonds. The zero-order valence-electron chi connectivity index (χ0n) is 9.76. The highest BCUT2D eigenvalue weighted by Gasteiger charge is 2.39. The lowest BCUT2D eigenvalue weighted by Gasteiger charge is -2.18. The normalized spacial score (nSPS) is 19.2. The molecule has 7 nitrogen and oxygen atoms in total. The Morgan fingerprint density at radius 1 is 1.47 bits per heavy atom. The third-order valence-electron chi connectivity index (χ3n) is 2.62. The number of nitrogens with zero attached hydrogens (tertiary/aromatic N) is 1. The second kappa shape index (κ2) is 5.88. The van der Waals surface area contributed by atoms with Crippen molar-refractivity contribution in [3.8, 4) is 0 Å². The predicted octanol–water partition coefficient (Wildman–Crippen LogP) is 1.37. The van der Waals surface area contributed by atoms with Gasteiger partial charge in [-0.15, -0.1) is 9.42 Å². The van der Waals surface area contributed by atoms with E-state index in [1.807, 2.05) is 6.07 Å². The number of imide groups is 1. The van der Waals surface area contributed by atoms with Gasteiger partial charge in [0.15, 0.2) is 6.61 Å². The maximum Gasteiger partial charge on any atom is 0.695 e. The van der Waals surface area contributed by atoms with Crippen LogP contribution in [0.15, 0.2) is 30.3 Å². The minimum atomic E-state index is -2.88. The van der Waals surface area contributed by atoms with Crippen molar-refractivity contribution in [1.29, 1.82) is 0 Å². The van der Waals surface area contributed by atoms with Crippen molar-refractivity contribution in [2.75, 3.05) is 13.2 Å². The van der Waals surface area contributed by atoms with Crippen molar-refractivity contribution in [3.05, 3.63) is 35.9 Å². The van der Waals surface area contributed by atoms with Crippen molar-refractivity contribution < 1.29 is 28.3 Å². The Hall–Kier alpha value is -1.82. The van der Waals surface area contributed by atoms with Crippen LogP contribution >= 0.6 is 8.25 Å². The predicted molar refractivity (Wildman–Crippen MR) is 63.2 cm³/mol. The van der Waals surface area contributed by atoms with Gasteiger partial charge in [-0.1, -0.05) is 30.3 Å². The van der Waals surface area contributed by atoms with Crippen LogP contribution in [-0.2, 0) is 18.6 Å². The van der Waals surface area contributed by atoms with E-state index in [4.69, 9.17) is 9.63 Å². The summed E-state index contributed by atoms with van der Waals surface area (Å²) in [7, 11) is -2.88. The molecule has 1 aliphatic heterocycles. The van der Waals surface area contributed by atoms with Gasteiger partial charge >= 0.3 is 14.3 Å². The molecule has 2 atom stereocenters. The number of ether oxygens (including phenoxy) is 1. The monoisotopic (exact) mass is 284 g/mol. The molecule has 0 bridgehead atoms. The summed E-state index contributed by atoms with van der Waals surface area (Å²) >= 11 is 0. The molecule has 1 saturated heterocycles. The van der Waals surface area contributed by atoms with E-state index in [1.54, 1.807) is 24.3 Å². The van der Waals surface area contributed by atoms with Crippen LogP contribution in [-0.4, -0.2) is 35.0 Å². The summed E-state index contributed by atoms with van der Waals surface area (Å²) in [5.74, 6) is -0.714. The highest BCUT2D eigenvalue weighted by Crippen LogP contribution is 2.28. The molecule has 0 aliphatic carbocycles. The SMILES string of the molecule is O=C(CO[P+](=O)O)N1C(=O)OCC1c1ccccc1. The number of hydrogen-bond acceptors (Lipinski definition) is 5. The lowest BCUT2D eigenvalue weighted by Crippen LogP contribution is -2.36. The van der Waals surface area contributed by atoms with Crippen LogP contribution in [0.2, 0.25) is 0 Å². The van der Waals surface area contributed by atoms with Gasteiger partial charge in [0, 0.05) is 4.57 Å². The average molecular weight is 284 g/mol. The number of carbonyl (C=O) groups is 2. The van der Waals surface area contributed by atoms with Gasteiger partial charge in [0.1, 0.15) is 12.6 Å². The second-order valence-electron chi connectivity index (χ2n) is 3.78. The van der Waals surface area contributed by atoms with Crippen molar-refractivity contribution in [2.45, 2.75) is 6.04 Å². The average Bonchev–Trinajstić information content (AvgIpc) is 2.79. The third kappa shape index (κ3) is 3.14. The molecule has 1 aliphatic rings. The van der Waals surface area contributed by atoms with Gasteiger partial charge in [-0.25, -0.2) is 9.69 Å². The summed E-state index contributed by atoms with van der Waals surface area (Å²) in [6, 6.07) is 8.36. The molecular formula is C11H11NO6P+. The Kier molecular flexibility index (Phi) is 4.21. The number of cyclic esters (lactones) is 1. The van der Waals surface area contributed by atoms with Crippen LogP contribution < -0.4 is 0 Å². The Morgan fingerprint density at radius 2 is 2.16 bits per heavy atom. The molecule has 1 aromatic carbocycles. The lowest BCUT2D eigenvalue weighted by atomic mass is 10.1. The molecule has 2 unspecified atom stereocenters. The zero-order valence-corrected chi connectivity index (χ0v) is 10.7. The summed E-state index contributed by atoms with van der Waals surface area (Å²) in [5, 5.41) is 0. The van der Waals surface area contributed by atoms with Crippen LogP contribution in [0.5, 0.6) is 0 Å². The fraction of sp³-hybridized carbons (Fsp3) is 0.273. The second-order valence-corrected chi connectivity index (χ2v) is 4.51. The van der Waals surface area contributed by atoms with E-state index in [9.17, 15) is 14.2 Å². The Labute approximate surface area is 109 Å². The topological polar surface area (TPSA) is 93.1 Å². The van der Waals surface area contributed by atoms with E-state index in [-0.39, 0.29) is 6.61 Å². The third-order valence-corrected chi connectivity index (χ3v) is 2.97. The molecule has 0 saturated carbocycles. The number of hydrogen-bond donors (Lipinski definition) is 1. The first-order valence-corrected chi connectivity index (χ1v) is 6.55. The first-order valence-electron chi connectivity index (χ1n) is 5.42. The quantitative estimate of drug-likeness (QED) is 0.839. The van der Waals surface area contributed by atoms with Crippen LogP contribution in [0.1, 0.15) is 11.6 Å². The van der Waals surface area contributed by atoms with Crippen LogP contribution in [0.4, 0.5) is 4.79 Å². The summed E-state index contributed by atoms with van der Waals surface area (Å²) in [6.07, 6.45) is -0.782. The molecule has 1 N–H and O–H groups in total. The van der Waals surface area contributed by atoms with Crippen molar-refractivity contribution in [1.82, 2.24) is 4.90 Å². The smallest absolute Gasteiger partial charge is 0.446 e. The highest BCUT2D eigenvalue weighted by molar-refractivity contribution is 7.32. The first kappa shape index (κ1) is 13.6. The van der Waals surface area contributed by atoms with Crippen molar-refractivity contribution in [3.63, 3.8) is 0 Å². The molecule has 0 radical (unpaired) electrons. The fourth-order valence-corrected chi connectivity index (χ4v) is 2.02. The summed E-state index contributed by atoms with van der Waals surface area (Å²) in [6.45, 7) is -0.593. The van der Waals surface area contributed by atoms with Gasteiger partial charge in [-0.2, -0.15) is 0 Å². The lowest BCUT2D eigenvalue weighted by molar-refractivity contribution is -0.131. The van der Waals surface area contributed by atoms with E-state index in [2.05, 4.69) is 4.52 Å². The number of amides is 2. The van der Waals surface area contributed by atoms with Gasteiger partial charge < -0.3 is 4.74 Å². The van der Waals surface area contributed by atoms with E-state index in [0.29, 0.717) is 0 Å². The first-order chi connectivity index (χ1) is 9.09. The number of benzene rings is 1. The molecule has 2 rings (SSSR count). The summed E-state index contributed by atoms with van der Waals surface area (Å²) in [5.41, 5.74) is 0.745. The van der Waals surface area contributed by atoms with Crippen LogP contribution in [0.3, 0.4) is 0 Å². The standard InChI is InChI=1S/C11H10NO6P/c13-10(7-18-19(15)16)12-9(6-17-11(12)14)8-4-2-1-3-5-8/h1-5,9H,6-7H2/p+1.